The maximum atomic E-state index is 11.1. The number of hydrogen-bond donors (Lipinski definition) is 1. The van der Waals surface area contributed by atoms with Crippen LogP contribution in [0.5, 0.6) is 0 Å². The summed E-state index contributed by atoms with van der Waals surface area (Å²) in [5.41, 5.74) is 0.452. The van der Waals surface area contributed by atoms with Gasteiger partial charge in [0.1, 0.15) is 5.52 Å². The molecule has 2 rings (SSSR count). The fourth-order valence-electron chi connectivity index (χ4n) is 0.866. The molecule has 6 heteroatoms. The molecule has 0 fully saturated rings. The average Bonchev–Trinajstić information content (AvgIpc) is 2.32. The van der Waals surface area contributed by atoms with Gasteiger partial charge < -0.3 is 9.40 Å². The highest BCUT2D eigenvalue weighted by Crippen LogP contribution is 2.30. The number of halogens is 2. The molecule has 0 atom stereocenters. The van der Waals surface area contributed by atoms with E-state index in [0.29, 0.717) is 14.7 Å². The maximum absolute atomic E-state index is 11.1. The SMILES string of the molecule is O=c1[nH]cnc2c(Br)c(Br)oc12. The molecule has 0 aliphatic carbocycles. The van der Waals surface area contributed by atoms with Gasteiger partial charge in [-0.15, -0.1) is 0 Å². The number of aromatic amines is 1. The van der Waals surface area contributed by atoms with Crippen molar-refractivity contribution < 1.29 is 4.42 Å². The smallest absolute Gasteiger partial charge is 0.294 e. The van der Waals surface area contributed by atoms with Gasteiger partial charge in [0.2, 0.25) is 5.58 Å². The molecule has 0 radical (unpaired) electrons. The number of nitrogens with zero attached hydrogens (tertiary/aromatic N) is 1. The monoisotopic (exact) mass is 292 g/mol. The maximum Gasteiger partial charge on any atom is 0.294 e. The van der Waals surface area contributed by atoms with E-state index in [1.54, 1.807) is 0 Å². The summed E-state index contributed by atoms with van der Waals surface area (Å²) in [6.07, 6.45) is 1.33. The van der Waals surface area contributed by atoms with Gasteiger partial charge in [0.25, 0.3) is 5.56 Å². The lowest BCUT2D eigenvalue weighted by Gasteiger charge is -1.83. The lowest BCUT2D eigenvalue weighted by atomic mass is 10.5. The van der Waals surface area contributed by atoms with Crippen molar-refractivity contribution >= 4 is 43.0 Å². The van der Waals surface area contributed by atoms with Gasteiger partial charge >= 0.3 is 0 Å². The zero-order chi connectivity index (χ0) is 8.72. The molecule has 2 heterocycles. The number of rotatable bonds is 0. The Hall–Kier alpha value is -0.620. The van der Waals surface area contributed by atoms with Crippen molar-refractivity contribution in [2.24, 2.45) is 0 Å². The number of furan rings is 1. The van der Waals surface area contributed by atoms with Crippen LogP contribution in [0.3, 0.4) is 0 Å². The molecule has 0 aromatic carbocycles. The third-order valence-electron chi connectivity index (χ3n) is 1.38. The molecule has 0 bridgehead atoms. The van der Waals surface area contributed by atoms with Crippen LogP contribution in [0.2, 0.25) is 0 Å². The zero-order valence-electron chi connectivity index (χ0n) is 5.60. The zero-order valence-corrected chi connectivity index (χ0v) is 8.77. The molecule has 0 saturated carbocycles. The Morgan fingerprint density at radius 3 is 2.92 bits per heavy atom. The first-order chi connectivity index (χ1) is 5.70. The van der Waals surface area contributed by atoms with Gasteiger partial charge in [0.15, 0.2) is 4.67 Å². The normalized spacial score (nSPS) is 10.8. The van der Waals surface area contributed by atoms with Crippen molar-refractivity contribution in [2.75, 3.05) is 0 Å². The second kappa shape index (κ2) is 2.70. The number of H-pyrrole nitrogens is 1. The van der Waals surface area contributed by atoms with E-state index >= 15 is 0 Å². The van der Waals surface area contributed by atoms with E-state index in [1.807, 2.05) is 0 Å². The minimum Gasteiger partial charge on any atom is -0.441 e. The molecule has 0 spiro atoms. The lowest BCUT2D eigenvalue weighted by Crippen LogP contribution is -2.03. The summed E-state index contributed by atoms with van der Waals surface area (Å²) < 4.78 is 6.22. The number of hydrogen-bond acceptors (Lipinski definition) is 3. The van der Waals surface area contributed by atoms with E-state index in [4.69, 9.17) is 4.42 Å². The average molecular weight is 294 g/mol. The van der Waals surface area contributed by atoms with E-state index in [1.165, 1.54) is 6.33 Å². The fraction of sp³-hybridized carbons (Fsp3) is 0. The van der Waals surface area contributed by atoms with Gasteiger partial charge in [-0.2, -0.15) is 0 Å². The predicted molar refractivity (Wildman–Crippen MR) is 50.0 cm³/mol. The Morgan fingerprint density at radius 1 is 1.50 bits per heavy atom. The highest BCUT2D eigenvalue weighted by atomic mass is 79.9. The third-order valence-corrected chi connectivity index (χ3v) is 3.21. The molecule has 2 aromatic heterocycles. The second-order valence-electron chi connectivity index (χ2n) is 2.10. The highest BCUT2D eigenvalue weighted by Gasteiger charge is 2.12. The van der Waals surface area contributed by atoms with Crippen molar-refractivity contribution in [1.82, 2.24) is 9.97 Å². The number of fused-ring (bicyclic) bond motifs is 1. The van der Waals surface area contributed by atoms with Gasteiger partial charge in [-0.1, -0.05) is 0 Å². The van der Waals surface area contributed by atoms with Crippen LogP contribution in [0, 0.1) is 0 Å². The molecule has 0 aliphatic heterocycles. The van der Waals surface area contributed by atoms with Crippen LogP contribution in [-0.2, 0) is 0 Å². The van der Waals surface area contributed by atoms with Gasteiger partial charge in [-0.3, -0.25) is 4.79 Å². The summed E-state index contributed by atoms with van der Waals surface area (Å²) in [5, 5.41) is 0. The first kappa shape index (κ1) is 8.00. The van der Waals surface area contributed by atoms with Gasteiger partial charge in [-0.05, 0) is 31.9 Å². The van der Waals surface area contributed by atoms with Crippen LogP contribution in [0.1, 0.15) is 0 Å². The van der Waals surface area contributed by atoms with E-state index in [0.717, 1.165) is 0 Å². The molecular weight excluding hydrogens is 292 g/mol. The Bertz CT molecular complexity index is 488. The molecule has 2 aromatic rings. The van der Waals surface area contributed by atoms with Crippen molar-refractivity contribution in [1.29, 1.82) is 0 Å². The summed E-state index contributed by atoms with van der Waals surface area (Å²) in [4.78, 5) is 17.5. The molecule has 0 saturated heterocycles. The summed E-state index contributed by atoms with van der Waals surface area (Å²) in [7, 11) is 0. The van der Waals surface area contributed by atoms with Crippen LogP contribution in [0.4, 0.5) is 0 Å². The first-order valence-electron chi connectivity index (χ1n) is 3.01. The molecule has 12 heavy (non-hydrogen) atoms. The largest absolute Gasteiger partial charge is 0.441 e. The molecule has 0 aliphatic rings. The van der Waals surface area contributed by atoms with Crippen molar-refractivity contribution in [3.05, 3.63) is 25.8 Å². The van der Waals surface area contributed by atoms with Gasteiger partial charge in [0.05, 0.1) is 10.8 Å². The number of aromatic nitrogens is 2. The molecule has 62 valence electrons. The second-order valence-corrected chi connectivity index (χ2v) is 3.61. The van der Waals surface area contributed by atoms with Crippen molar-refractivity contribution in [3.8, 4) is 0 Å². The molecule has 4 nitrogen and oxygen atoms in total. The summed E-state index contributed by atoms with van der Waals surface area (Å²) in [6.45, 7) is 0. The standard InChI is InChI=1S/C6H2Br2N2O2/c7-2-3-4(12-5(2)8)6(11)10-1-9-3/h1H,(H,9,10,11). The topological polar surface area (TPSA) is 58.9 Å². The van der Waals surface area contributed by atoms with Crippen LogP contribution in [0.15, 0.2) is 24.7 Å². The summed E-state index contributed by atoms with van der Waals surface area (Å²) >= 11 is 6.37. The van der Waals surface area contributed by atoms with Crippen molar-refractivity contribution in [2.45, 2.75) is 0 Å². The summed E-state index contributed by atoms with van der Waals surface area (Å²) in [5.74, 6) is 0. The van der Waals surface area contributed by atoms with E-state index in [9.17, 15) is 4.79 Å². The molecule has 0 amide bonds. The van der Waals surface area contributed by atoms with Crippen LogP contribution in [-0.4, -0.2) is 9.97 Å². The third kappa shape index (κ3) is 1.02. The van der Waals surface area contributed by atoms with E-state index in [-0.39, 0.29) is 11.1 Å². The Balaban J connectivity index is 3.05. The quantitative estimate of drug-likeness (QED) is 0.809. The Morgan fingerprint density at radius 2 is 2.25 bits per heavy atom. The predicted octanol–water partition coefficient (Wildman–Crippen LogP) is 2.04. The van der Waals surface area contributed by atoms with Crippen LogP contribution < -0.4 is 5.56 Å². The molecule has 1 N–H and O–H groups in total. The lowest BCUT2D eigenvalue weighted by molar-refractivity contribution is 0.580. The van der Waals surface area contributed by atoms with Crippen LogP contribution >= 0.6 is 31.9 Å². The van der Waals surface area contributed by atoms with E-state index < -0.39 is 0 Å². The Kier molecular flexibility index (Phi) is 1.80. The first-order valence-corrected chi connectivity index (χ1v) is 4.60. The van der Waals surface area contributed by atoms with Crippen molar-refractivity contribution in [3.63, 3.8) is 0 Å². The van der Waals surface area contributed by atoms with Crippen LogP contribution in [0.25, 0.3) is 11.1 Å². The minimum atomic E-state index is -0.286. The van der Waals surface area contributed by atoms with Gasteiger partial charge in [-0.25, -0.2) is 4.98 Å². The minimum absolute atomic E-state index is 0.219. The molecular formula is C6H2Br2N2O2. The number of nitrogens with one attached hydrogen (secondary N) is 1. The van der Waals surface area contributed by atoms with Gasteiger partial charge in [0, 0.05) is 0 Å². The highest BCUT2D eigenvalue weighted by molar-refractivity contribution is 9.13. The Labute approximate surface area is 83.2 Å². The molecule has 0 unspecified atom stereocenters. The van der Waals surface area contributed by atoms with E-state index in [2.05, 4.69) is 41.8 Å². The fourth-order valence-corrected chi connectivity index (χ4v) is 1.58. The summed E-state index contributed by atoms with van der Waals surface area (Å²) in [6, 6.07) is 0.